The summed E-state index contributed by atoms with van der Waals surface area (Å²) in [6, 6.07) is 8.85. The van der Waals surface area contributed by atoms with Gasteiger partial charge in [0.25, 0.3) is 0 Å². The molecule has 1 N–H and O–H groups in total. The third-order valence-corrected chi connectivity index (χ3v) is 6.44. The molecule has 104 valence electrons. The molecule has 0 amide bonds. The third kappa shape index (κ3) is 2.71. The van der Waals surface area contributed by atoms with Crippen LogP contribution in [0.1, 0.15) is 56.1 Å². The van der Waals surface area contributed by atoms with Crippen molar-refractivity contribution in [3.63, 3.8) is 0 Å². The molecule has 1 fully saturated rings. The SMILES string of the molecule is CC1SCCCC1(O)CC1CCCc2ccccc21. The van der Waals surface area contributed by atoms with Gasteiger partial charge in [0, 0.05) is 5.25 Å². The van der Waals surface area contributed by atoms with Gasteiger partial charge in [0.05, 0.1) is 5.60 Å². The van der Waals surface area contributed by atoms with E-state index in [0.29, 0.717) is 11.2 Å². The van der Waals surface area contributed by atoms with E-state index in [4.69, 9.17) is 0 Å². The molecule has 2 heteroatoms. The van der Waals surface area contributed by atoms with Gasteiger partial charge in [-0.05, 0) is 61.3 Å². The molecule has 2 aliphatic rings. The van der Waals surface area contributed by atoms with Crippen molar-refractivity contribution in [2.75, 3.05) is 5.75 Å². The highest BCUT2D eigenvalue weighted by molar-refractivity contribution is 8.00. The normalized spacial score (nSPS) is 34.8. The number of hydrogen-bond acceptors (Lipinski definition) is 2. The van der Waals surface area contributed by atoms with E-state index < -0.39 is 5.60 Å². The maximum absolute atomic E-state index is 11.0. The first-order valence-electron chi connectivity index (χ1n) is 7.61. The van der Waals surface area contributed by atoms with Crippen LogP contribution in [-0.4, -0.2) is 21.7 Å². The first-order chi connectivity index (χ1) is 9.19. The lowest BCUT2D eigenvalue weighted by molar-refractivity contribution is 0.0126. The average molecular weight is 276 g/mol. The lowest BCUT2D eigenvalue weighted by Gasteiger charge is -2.41. The van der Waals surface area contributed by atoms with Gasteiger partial charge in [-0.15, -0.1) is 0 Å². The largest absolute Gasteiger partial charge is 0.389 e. The van der Waals surface area contributed by atoms with E-state index in [2.05, 4.69) is 31.2 Å². The summed E-state index contributed by atoms with van der Waals surface area (Å²) >= 11 is 1.94. The highest BCUT2D eigenvalue weighted by Crippen LogP contribution is 2.43. The van der Waals surface area contributed by atoms with Crippen molar-refractivity contribution >= 4 is 11.8 Å². The second-order valence-electron chi connectivity index (χ2n) is 6.21. The monoisotopic (exact) mass is 276 g/mol. The summed E-state index contributed by atoms with van der Waals surface area (Å²) < 4.78 is 0. The molecule has 1 saturated heterocycles. The Balaban J connectivity index is 1.80. The molecule has 3 atom stereocenters. The smallest absolute Gasteiger partial charge is 0.0769 e. The van der Waals surface area contributed by atoms with Gasteiger partial charge in [-0.3, -0.25) is 0 Å². The Morgan fingerprint density at radius 1 is 1.32 bits per heavy atom. The molecule has 3 rings (SSSR count). The van der Waals surface area contributed by atoms with Crippen molar-refractivity contribution in [3.05, 3.63) is 35.4 Å². The molecule has 0 spiro atoms. The number of hydrogen-bond donors (Lipinski definition) is 1. The molecular formula is C17H24OS. The minimum atomic E-state index is -0.446. The van der Waals surface area contributed by atoms with Gasteiger partial charge in [-0.1, -0.05) is 31.2 Å². The van der Waals surface area contributed by atoms with Gasteiger partial charge in [0.2, 0.25) is 0 Å². The van der Waals surface area contributed by atoms with Gasteiger partial charge < -0.3 is 5.11 Å². The Bertz CT molecular complexity index is 445. The van der Waals surface area contributed by atoms with Gasteiger partial charge in [-0.25, -0.2) is 0 Å². The predicted molar refractivity (Wildman–Crippen MR) is 82.8 cm³/mol. The van der Waals surface area contributed by atoms with Gasteiger partial charge >= 0.3 is 0 Å². The highest BCUT2D eigenvalue weighted by atomic mass is 32.2. The Kier molecular flexibility index (Phi) is 3.91. The molecule has 1 heterocycles. The van der Waals surface area contributed by atoms with E-state index in [9.17, 15) is 5.11 Å². The Hall–Kier alpha value is -0.470. The molecule has 0 saturated carbocycles. The average Bonchev–Trinajstić information content (AvgIpc) is 2.43. The number of fused-ring (bicyclic) bond motifs is 1. The molecule has 19 heavy (non-hydrogen) atoms. The zero-order chi connectivity index (χ0) is 13.3. The van der Waals surface area contributed by atoms with Gasteiger partial charge in [0.15, 0.2) is 0 Å². The molecule has 1 aliphatic heterocycles. The zero-order valence-corrected chi connectivity index (χ0v) is 12.6. The molecule has 1 aromatic rings. The van der Waals surface area contributed by atoms with Crippen LogP contribution in [0.3, 0.4) is 0 Å². The topological polar surface area (TPSA) is 20.2 Å². The number of rotatable bonds is 2. The van der Waals surface area contributed by atoms with Crippen molar-refractivity contribution in [3.8, 4) is 0 Å². The van der Waals surface area contributed by atoms with Crippen molar-refractivity contribution < 1.29 is 5.11 Å². The fraction of sp³-hybridized carbons (Fsp3) is 0.647. The molecule has 0 bridgehead atoms. The van der Waals surface area contributed by atoms with Crippen LogP contribution in [0.25, 0.3) is 0 Å². The van der Waals surface area contributed by atoms with Crippen molar-refractivity contribution in [1.29, 1.82) is 0 Å². The summed E-state index contributed by atoms with van der Waals surface area (Å²) in [6.45, 7) is 2.21. The molecule has 0 aromatic heterocycles. The third-order valence-electron chi connectivity index (χ3n) is 4.97. The number of aryl methyl sites for hydroxylation is 1. The highest BCUT2D eigenvalue weighted by Gasteiger charge is 2.39. The molecule has 1 nitrogen and oxygen atoms in total. The lowest BCUT2D eigenvalue weighted by Crippen LogP contribution is -2.43. The van der Waals surface area contributed by atoms with Crippen LogP contribution < -0.4 is 0 Å². The first kappa shape index (κ1) is 13.5. The standard InChI is InChI=1S/C17H24OS/c1-13-17(18,10-5-11-19-13)12-15-8-4-7-14-6-2-3-9-16(14)15/h2-3,6,9,13,15,18H,4-5,7-8,10-12H2,1H3. The summed E-state index contributed by atoms with van der Waals surface area (Å²) in [7, 11) is 0. The Morgan fingerprint density at radius 3 is 3.00 bits per heavy atom. The quantitative estimate of drug-likeness (QED) is 0.876. The number of aliphatic hydroxyl groups is 1. The van der Waals surface area contributed by atoms with Crippen molar-refractivity contribution in [2.45, 2.75) is 62.2 Å². The number of benzene rings is 1. The van der Waals surface area contributed by atoms with E-state index in [1.54, 1.807) is 0 Å². The van der Waals surface area contributed by atoms with Crippen LogP contribution in [0, 0.1) is 0 Å². The maximum Gasteiger partial charge on any atom is 0.0769 e. The first-order valence-corrected chi connectivity index (χ1v) is 8.66. The van der Waals surface area contributed by atoms with Crippen LogP contribution in [0.2, 0.25) is 0 Å². The minimum Gasteiger partial charge on any atom is -0.389 e. The molecular weight excluding hydrogens is 252 g/mol. The molecule has 1 aromatic carbocycles. The Morgan fingerprint density at radius 2 is 2.16 bits per heavy atom. The summed E-state index contributed by atoms with van der Waals surface area (Å²) in [5, 5.41) is 11.4. The minimum absolute atomic E-state index is 0.385. The fourth-order valence-electron chi connectivity index (χ4n) is 3.76. The van der Waals surface area contributed by atoms with E-state index in [0.717, 1.165) is 12.8 Å². The van der Waals surface area contributed by atoms with Gasteiger partial charge in [-0.2, -0.15) is 11.8 Å². The predicted octanol–water partition coefficient (Wildman–Crippen LogP) is 4.14. The lowest BCUT2D eigenvalue weighted by atomic mass is 9.75. The number of thioether (sulfide) groups is 1. The van der Waals surface area contributed by atoms with Crippen molar-refractivity contribution in [2.24, 2.45) is 0 Å². The second-order valence-corrected chi connectivity index (χ2v) is 7.66. The van der Waals surface area contributed by atoms with Crippen LogP contribution in [-0.2, 0) is 6.42 Å². The fourth-order valence-corrected chi connectivity index (χ4v) is 4.95. The van der Waals surface area contributed by atoms with Crippen LogP contribution in [0.5, 0.6) is 0 Å². The van der Waals surface area contributed by atoms with E-state index >= 15 is 0 Å². The summed E-state index contributed by atoms with van der Waals surface area (Å²) in [6.07, 6.45) is 6.85. The molecule has 0 radical (unpaired) electrons. The summed E-state index contributed by atoms with van der Waals surface area (Å²) in [4.78, 5) is 0. The van der Waals surface area contributed by atoms with Crippen LogP contribution in [0.15, 0.2) is 24.3 Å². The second kappa shape index (κ2) is 5.49. The van der Waals surface area contributed by atoms with Gasteiger partial charge in [0.1, 0.15) is 0 Å². The molecule has 1 aliphatic carbocycles. The van der Waals surface area contributed by atoms with Crippen LogP contribution >= 0.6 is 11.8 Å². The van der Waals surface area contributed by atoms with Crippen LogP contribution in [0.4, 0.5) is 0 Å². The molecule has 3 unspecified atom stereocenters. The zero-order valence-electron chi connectivity index (χ0n) is 11.8. The summed E-state index contributed by atoms with van der Waals surface area (Å²) in [5.74, 6) is 1.78. The van der Waals surface area contributed by atoms with Crippen molar-refractivity contribution in [1.82, 2.24) is 0 Å². The van der Waals surface area contributed by atoms with E-state index in [1.165, 1.54) is 42.6 Å². The maximum atomic E-state index is 11.0. The van der Waals surface area contributed by atoms with E-state index in [1.807, 2.05) is 11.8 Å². The summed E-state index contributed by atoms with van der Waals surface area (Å²) in [5.41, 5.74) is 2.57. The van der Waals surface area contributed by atoms with E-state index in [-0.39, 0.29) is 0 Å². The Labute approximate surface area is 120 Å².